The quantitative estimate of drug-likeness (QED) is 0.431. The van der Waals surface area contributed by atoms with E-state index in [-0.39, 0.29) is 5.91 Å². The van der Waals surface area contributed by atoms with E-state index in [0.717, 1.165) is 16.5 Å². The number of benzene rings is 1. The smallest absolute Gasteiger partial charge is 0.261 e. The van der Waals surface area contributed by atoms with E-state index < -0.39 is 11.6 Å². The van der Waals surface area contributed by atoms with Crippen molar-refractivity contribution in [2.24, 2.45) is 5.16 Å². The number of hydrogen-bond donors (Lipinski definition) is 1. The van der Waals surface area contributed by atoms with Gasteiger partial charge in [0, 0.05) is 17.1 Å². The first-order valence-corrected chi connectivity index (χ1v) is 9.31. The molecule has 1 aromatic heterocycles. The SMILES string of the molecule is C#Cc1cnc2c(C)cc(OC(CC)C(=O)NC(C)(C)C=NOCC)cc2c1. The lowest BCUT2D eigenvalue weighted by molar-refractivity contribution is -0.129. The highest BCUT2D eigenvalue weighted by Gasteiger charge is 2.25. The Labute approximate surface area is 166 Å². The summed E-state index contributed by atoms with van der Waals surface area (Å²) < 4.78 is 5.99. The van der Waals surface area contributed by atoms with Gasteiger partial charge in [0.05, 0.1) is 17.3 Å². The Kier molecular flexibility index (Phi) is 7.00. The van der Waals surface area contributed by atoms with E-state index in [9.17, 15) is 4.79 Å². The number of carbonyl (C=O) groups is 1. The molecule has 6 heteroatoms. The summed E-state index contributed by atoms with van der Waals surface area (Å²) in [4.78, 5) is 22.1. The second kappa shape index (κ2) is 9.23. The minimum atomic E-state index is -0.659. The summed E-state index contributed by atoms with van der Waals surface area (Å²) in [5.41, 5.74) is 1.85. The molecule has 1 unspecified atom stereocenters. The van der Waals surface area contributed by atoms with Crippen LogP contribution in [0.15, 0.2) is 29.6 Å². The number of carbonyl (C=O) groups excluding carboxylic acids is 1. The Bertz CT molecular complexity index is 913. The molecule has 28 heavy (non-hydrogen) atoms. The van der Waals surface area contributed by atoms with Gasteiger partial charge in [0.25, 0.3) is 5.91 Å². The molecule has 0 saturated heterocycles. The van der Waals surface area contributed by atoms with Gasteiger partial charge >= 0.3 is 0 Å². The maximum atomic E-state index is 12.7. The summed E-state index contributed by atoms with van der Waals surface area (Å²) >= 11 is 0. The fraction of sp³-hybridized carbons (Fsp3) is 0.409. The maximum absolute atomic E-state index is 12.7. The molecule has 0 aliphatic carbocycles. The van der Waals surface area contributed by atoms with Crippen molar-refractivity contribution in [3.05, 3.63) is 35.5 Å². The minimum absolute atomic E-state index is 0.219. The number of aryl methyl sites for hydroxylation is 1. The average Bonchev–Trinajstić information content (AvgIpc) is 2.65. The molecule has 1 amide bonds. The number of nitrogens with one attached hydrogen (secondary N) is 1. The largest absolute Gasteiger partial charge is 0.481 e. The molecule has 1 heterocycles. The molecular weight excluding hydrogens is 354 g/mol. The molecule has 6 nitrogen and oxygen atoms in total. The molecule has 1 N–H and O–H groups in total. The third-order valence-corrected chi connectivity index (χ3v) is 4.08. The molecule has 1 aromatic carbocycles. The van der Waals surface area contributed by atoms with Crippen molar-refractivity contribution in [3.8, 4) is 18.1 Å². The first-order chi connectivity index (χ1) is 13.3. The second-order valence-electron chi connectivity index (χ2n) is 7.06. The van der Waals surface area contributed by atoms with Crippen LogP contribution in [-0.4, -0.2) is 35.4 Å². The molecule has 2 rings (SSSR count). The number of oxime groups is 1. The zero-order valence-electron chi connectivity index (χ0n) is 17.1. The standard InChI is InChI=1S/C22H27N3O3/c1-7-16-11-17-12-18(10-15(4)20(17)23-13-16)28-19(8-2)21(26)25-22(5,6)14-24-27-9-3/h1,10-14,19H,8-9H2,2-6H3,(H,25,26). The number of ether oxygens (including phenoxy) is 1. The molecule has 0 aliphatic rings. The van der Waals surface area contributed by atoms with Crippen molar-refractivity contribution < 1.29 is 14.4 Å². The molecule has 0 radical (unpaired) electrons. The number of aromatic nitrogens is 1. The molecule has 148 valence electrons. The van der Waals surface area contributed by atoms with Crippen molar-refractivity contribution in [2.45, 2.75) is 52.7 Å². The maximum Gasteiger partial charge on any atom is 0.261 e. The van der Waals surface area contributed by atoms with E-state index in [0.29, 0.717) is 24.3 Å². The Morgan fingerprint density at radius 1 is 1.39 bits per heavy atom. The molecular formula is C22H27N3O3. The van der Waals surface area contributed by atoms with Gasteiger partial charge in [0.2, 0.25) is 0 Å². The van der Waals surface area contributed by atoms with Crippen LogP contribution in [-0.2, 0) is 9.63 Å². The fourth-order valence-corrected chi connectivity index (χ4v) is 2.71. The van der Waals surface area contributed by atoms with Crippen LogP contribution in [0.2, 0.25) is 0 Å². The van der Waals surface area contributed by atoms with Crippen molar-refractivity contribution >= 4 is 23.0 Å². The third kappa shape index (κ3) is 5.46. The number of terminal acetylenes is 1. The van der Waals surface area contributed by atoms with Gasteiger partial charge in [-0.3, -0.25) is 9.78 Å². The van der Waals surface area contributed by atoms with E-state index in [1.165, 1.54) is 0 Å². The van der Waals surface area contributed by atoms with E-state index in [1.54, 1.807) is 12.4 Å². The third-order valence-electron chi connectivity index (χ3n) is 4.08. The van der Waals surface area contributed by atoms with Gasteiger partial charge in [0.15, 0.2) is 6.10 Å². The van der Waals surface area contributed by atoms with Crippen LogP contribution in [0.3, 0.4) is 0 Å². The normalized spacial score (nSPS) is 12.6. The number of amides is 1. The molecule has 0 saturated carbocycles. The Hall–Kier alpha value is -3.07. The van der Waals surface area contributed by atoms with Gasteiger partial charge in [0.1, 0.15) is 12.4 Å². The van der Waals surface area contributed by atoms with Gasteiger partial charge in [-0.25, -0.2) is 0 Å². The summed E-state index contributed by atoms with van der Waals surface area (Å²) in [7, 11) is 0. The van der Waals surface area contributed by atoms with Gasteiger partial charge in [-0.15, -0.1) is 6.42 Å². The lowest BCUT2D eigenvalue weighted by Crippen LogP contribution is -2.50. The molecule has 0 bridgehead atoms. The molecule has 2 aromatic rings. The zero-order chi connectivity index (χ0) is 20.7. The van der Waals surface area contributed by atoms with Crippen LogP contribution < -0.4 is 10.1 Å². The summed E-state index contributed by atoms with van der Waals surface area (Å²) in [6.45, 7) is 9.85. The van der Waals surface area contributed by atoms with Crippen molar-refractivity contribution in [2.75, 3.05) is 6.61 Å². The summed E-state index contributed by atoms with van der Waals surface area (Å²) in [6, 6.07) is 5.62. The number of pyridine rings is 1. The van der Waals surface area contributed by atoms with E-state index in [2.05, 4.69) is 21.4 Å². The van der Waals surface area contributed by atoms with Crippen LogP contribution in [0.25, 0.3) is 10.9 Å². The monoisotopic (exact) mass is 381 g/mol. The van der Waals surface area contributed by atoms with Crippen LogP contribution in [0.4, 0.5) is 0 Å². The van der Waals surface area contributed by atoms with Gasteiger partial charge < -0.3 is 14.9 Å². The van der Waals surface area contributed by atoms with Gasteiger partial charge in [-0.2, -0.15) is 0 Å². The van der Waals surface area contributed by atoms with E-state index >= 15 is 0 Å². The Morgan fingerprint density at radius 2 is 2.14 bits per heavy atom. The first-order valence-electron chi connectivity index (χ1n) is 9.31. The molecule has 0 fully saturated rings. The lowest BCUT2D eigenvalue weighted by Gasteiger charge is -2.25. The van der Waals surface area contributed by atoms with Gasteiger partial charge in [-0.05, 0) is 57.9 Å². The average molecular weight is 381 g/mol. The number of fused-ring (bicyclic) bond motifs is 1. The number of hydrogen-bond acceptors (Lipinski definition) is 5. The Morgan fingerprint density at radius 3 is 2.79 bits per heavy atom. The topological polar surface area (TPSA) is 72.8 Å². The van der Waals surface area contributed by atoms with Crippen molar-refractivity contribution in [3.63, 3.8) is 0 Å². The minimum Gasteiger partial charge on any atom is -0.481 e. The number of rotatable bonds is 8. The Balaban J connectivity index is 2.19. The summed E-state index contributed by atoms with van der Waals surface area (Å²) in [5, 5.41) is 7.65. The molecule has 0 spiro atoms. The molecule has 1 atom stereocenters. The highest BCUT2D eigenvalue weighted by Crippen LogP contribution is 2.25. The van der Waals surface area contributed by atoms with E-state index in [1.807, 2.05) is 52.8 Å². The van der Waals surface area contributed by atoms with Crippen LogP contribution in [0.5, 0.6) is 5.75 Å². The highest BCUT2D eigenvalue weighted by molar-refractivity contribution is 5.87. The first kappa shape index (κ1) is 21.2. The number of nitrogens with zero attached hydrogens (tertiary/aromatic N) is 2. The van der Waals surface area contributed by atoms with Crippen molar-refractivity contribution in [1.29, 1.82) is 0 Å². The lowest BCUT2D eigenvalue weighted by atomic mass is 10.1. The molecule has 0 aliphatic heterocycles. The zero-order valence-corrected chi connectivity index (χ0v) is 17.1. The predicted molar refractivity (Wildman–Crippen MR) is 111 cm³/mol. The van der Waals surface area contributed by atoms with Gasteiger partial charge in [-0.1, -0.05) is 18.0 Å². The summed E-state index contributed by atoms with van der Waals surface area (Å²) in [5.74, 6) is 2.97. The van der Waals surface area contributed by atoms with Crippen molar-refractivity contribution in [1.82, 2.24) is 10.3 Å². The summed E-state index contributed by atoms with van der Waals surface area (Å²) in [6.07, 6.45) is 8.58. The van der Waals surface area contributed by atoms with Crippen LogP contribution in [0, 0.1) is 19.3 Å². The van der Waals surface area contributed by atoms with Crippen LogP contribution >= 0.6 is 0 Å². The highest BCUT2D eigenvalue weighted by atomic mass is 16.6. The van der Waals surface area contributed by atoms with E-state index in [4.69, 9.17) is 16.0 Å². The second-order valence-corrected chi connectivity index (χ2v) is 7.06. The fourth-order valence-electron chi connectivity index (χ4n) is 2.71. The van der Waals surface area contributed by atoms with Crippen LogP contribution in [0.1, 0.15) is 45.2 Å². The predicted octanol–water partition coefficient (Wildman–Crippen LogP) is 3.60.